The third kappa shape index (κ3) is 6.01. The molecule has 120 valence electrons. The van der Waals surface area contributed by atoms with Crippen LogP contribution in [0.25, 0.3) is 0 Å². The molecule has 2 amide bonds. The van der Waals surface area contributed by atoms with Gasteiger partial charge in [0.05, 0.1) is 7.11 Å². The van der Waals surface area contributed by atoms with Gasteiger partial charge in [0.1, 0.15) is 6.04 Å². The number of rotatable bonds is 7. The van der Waals surface area contributed by atoms with Gasteiger partial charge in [0.2, 0.25) is 0 Å². The molecule has 7 nitrogen and oxygen atoms in total. The highest BCUT2D eigenvalue weighted by molar-refractivity contribution is 5.83. The van der Waals surface area contributed by atoms with Crippen LogP contribution >= 0.6 is 0 Å². The van der Waals surface area contributed by atoms with E-state index in [9.17, 15) is 14.4 Å². The van der Waals surface area contributed by atoms with Gasteiger partial charge in [-0.2, -0.15) is 0 Å². The Labute approximate surface area is 124 Å². The highest BCUT2D eigenvalue weighted by atomic mass is 16.5. The first kappa shape index (κ1) is 17.3. The molecule has 1 atom stereocenters. The van der Waals surface area contributed by atoms with Crippen molar-refractivity contribution >= 4 is 18.0 Å². The van der Waals surface area contributed by atoms with E-state index in [-0.39, 0.29) is 18.4 Å². The summed E-state index contributed by atoms with van der Waals surface area (Å²) in [6.07, 6.45) is 4.70. The number of nitrogens with zero attached hydrogens (tertiary/aromatic N) is 1. The summed E-state index contributed by atoms with van der Waals surface area (Å²) in [5.74, 6) is -1.17. The van der Waals surface area contributed by atoms with Gasteiger partial charge in [-0.15, -0.1) is 0 Å². The monoisotopic (exact) mass is 300 g/mol. The van der Waals surface area contributed by atoms with E-state index >= 15 is 0 Å². The number of carboxylic acids is 1. The Morgan fingerprint density at radius 1 is 1.24 bits per heavy atom. The van der Waals surface area contributed by atoms with Gasteiger partial charge in [0.25, 0.3) is 0 Å². The summed E-state index contributed by atoms with van der Waals surface area (Å²) in [5.41, 5.74) is 0. The molecule has 0 radical (unpaired) electrons. The fraction of sp³-hybridized carbons (Fsp3) is 0.786. The molecular formula is C14H24N2O5. The van der Waals surface area contributed by atoms with Crippen molar-refractivity contribution in [3.05, 3.63) is 0 Å². The summed E-state index contributed by atoms with van der Waals surface area (Å²) in [7, 11) is 1.33. The summed E-state index contributed by atoms with van der Waals surface area (Å²) in [6, 6.07) is -0.737. The molecule has 2 N–H and O–H groups in total. The van der Waals surface area contributed by atoms with E-state index in [1.807, 2.05) is 0 Å². The number of esters is 1. The van der Waals surface area contributed by atoms with Crippen LogP contribution < -0.4 is 5.32 Å². The minimum absolute atomic E-state index is 0.157. The number of carboxylic acid groups (broad SMARTS) is 1. The Bertz CT molecular complexity index is 372. The van der Waals surface area contributed by atoms with Crippen LogP contribution in [0, 0.1) is 0 Å². The molecule has 1 aliphatic rings. The maximum absolute atomic E-state index is 12.1. The number of hydrogen-bond acceptors (Lipinski definition) is 4. The molecule has 0 aromatic carbocycles. The van der Waals surface area contributed by atoms with E-state index in [0.717, 1.165) is 25.7 Å². The van der Waals surface area contributed by atoms with E-state index in [0.29, 0.717) is 25.9 Å². The number of ether oxygens (including phenoxy) is 1. The lowest BCUT2D eigenvalue weighted by molar-refractivity contribution is -0.147. The smallest absolute Gasteiger partial charge is 0.328 e. The van der Waals surface area contributed by atoms with E-state index in [2.05, 4.69) is 5.32 Å². The molecule has 1 heterocycles. The molecule has 1 saturated heterocycles. The standard InChI is InChI=1S/C14H24N2O5/c1-21-13(19)11-7-4-6-10-16(11)14(20)15-9-5-2-3-8-12(17)18/h11H,2-10H2,1H3,(H,15,20)(H,17,18). The second-order valence-electron chi connectivity index (χ2n) is 5.16. The summed E-state index contributed by atoms with van der Waals surface area (Å²) in [6.45, 7) is 1.05. The number of carbonyl (C=O) groups is 3. The average Bonchev–Trinajstić information content (AvgIpc) is 2.49. The number of aliphatic carboxylic acids is 1. The zero-order chi connectivity index (χ0) is 15.7. The normalized spacial score (nSPS) is 18.1. The van der Waals surface area contributed by atoms with Crippen LogP contribution in [0.5, 0.6) is 0 Å². The summed E-state index contributed by atoms with van der Waals surface area (Å²) >= 11 is 0. The lowest BCUT2D eigenvalue weighted by atomic mass is 10.0. The van der Waals surface area contributed by atoms with Gasteiger partial charge in [-0.3, -0.25) is 4.79 Å². The number of hydrogen-bond donors (Lipinski definition) is 2. The third-order valence-corrected chi connectivity index (χ3v) is 3.58. The summed E-state index contributed by atoms with van der Waals surface area (Å²) in [5, 5.41) is 11.3. The number of likely N-dealkylation sites (tertiary alicyclic amines) is 1. The Balaban J connectivity index is 2.29. The Morgan fingerprint density at radius 2 is 2.00 bits per heavy atom. The molecular weight excluding hydrogens is 276 g/mol. The topological polar surface area (TPSA) is 95.9 Å². The van der Waals surface area contributed by atoms with Gasteiger partial charge >= 0.3 is 18.0 Å². The maximum Gasteiger partial charge on any atom is 0.328 e. The first-order chi connectivity index (χ1) is 10.1. The Kier molecular flexibility index (Phi) is 7.56. The van der Waals surface area contributed by atoms with Gasteiger partial charge in [0.15, 0.2) is 0 Å². The van der Waals surface area contributed by atoms with Crippen LogP contribution in [0.3, 0.4) is 0 Å². The highest BCUT2D eigenvalue weighted by Crippen LogP contribution is 2.18. The number of unbranched alkanes of at least 4 members (excludes halogenated alkanes) is 2. The van der Waals surface area contributed by atoms with E-state index in [1.165, 1.54) is 12.0 Å². The largest absolute Gasteiger partial charge is 0.481 e. The Morgan fingerprint density at radius 3 is 2.67 bits per heavy atom. The molecule has 7 heteroatoms. The van der Waals surface area contributed by atoms with Crippen molar-refractivity contribution in [3.8, 4) is 0 Å². The fourth-order valence-corrected chi connectivity index (χ4v) is 2.43. The second kappa shape index (κ2) is 9.20. The number of piperidine rings is 1. The molecule has 0 aromatic heterocycles. The van der Waals surface area contributed by atoms with Gasteiger partial charge in [-0.05, 0) is 32.1 Å². The van der Waals surface area contributed by atoms with Crippen LogP contribution in [0.4, 0.5) is 4.79 Å². The molecule has 1 fully saturated rings. The number of urea groups is 1. The lowest BCUT2D eigenvalue weighted by Gasteiger charge is -2.33. The summed E-state index contributed by atoms with van der Waals surface area (Å²) in [4.78, 5) is 35.6. The number of methoxy groups -OCH3 is 1. The highest BCUT2D eigenvalue weighted by Gasteiger charge is 2.32. The maximum atomic E-state index is 12.1. The average molecular weight is 300 g/mol. The van der Waals surface area contributed by atoms with Crippen molar-refractivity contribution in [2.24, 2.45) is 0 Å². The van der Waals surface area contributed by atoms with Crippen LogP contribution in [0.15, 0.2) is 0 Å². The summed E-state index contributed by atoms with van der Waals surface area (Å²) < 4.78 is 4.73. The predicted molar refractivity (Wildman–Crippen MR) is 75.9 cm³/mol. The van der Waals surface area contributed by atoms with Crippen molar-refractivity contribution in [1.29, 1.82) is 0 Å². The van der Waals surface area contributed by atoms with E-state index in [1.54, 1.807) is 0 Å². The van der Waals surface area contributed by atoms with Gasteiger partial charge < -0.3 is 20.1 Å². The van der Waals surface area contributed by atoms with Crippen LogP contribution in [0.2, 0.25) is 0 Å². The molecule has 0 aromatic rings. The first-order valence-electron chi connectivity index (χ1n) is 7.40. The van der Waals surface area contributed by atoms with Crippen LogP contribution in [-0.2, 0) is 14.3 Å². The minimum atomic E-state index is -0.798. The molecule has 1 aliphatic heterocycles. The van der Waals surface area contributed by atoms with Crippen molar-refractivity contribution < 1.29 is 24.2 Å². The third-order valence-electron chi connectivity index (χ3n) is 3.58. The predicted octanol–water partition coefficient (Wildman–Crippen LogP) is 1.37. The zero-order valence-corrected chi connectivity index (χ0v) is 12.5. The van der Waals surface area contributed by atoms with Crippen molar-refractivity contribution in [1.82, 2.24) is 10.2 Å². The van der Waals surface area contributed by atoms with Gasteiger partial charge in [0, 0.05) is 19.5 Å². The molecule has 0 bridgehead atoms. The van der Waals surface area contributed by atoms with Crippen molar-refractivity contribution in [2.75, 3.05) is 20.2 Å². The molecule has 0 spiro atoms. The van der Waals surface area contributed by atoms with Gasteiger partial charge in [-0.25, -0.2) is 9.59 Å². The molecule has 1 unspecified atom stereocenters. The van der Waals surface area contributed by atoms with E-state index < -0.39 is 12.0 Å². The van der Waals surface area contributed by atoms with Crippen LogP contribution in [-0.4, -0.2) is 54.2 Å². The quantitative estimate of drug-likeness (QED) is 0.547. The Hall–Kier alpha value is -1.79. The molecule has 0 aliphatic carbocycles. The fourth-order valence-electron chi connectivity index (χ4n) is 2.43. The SMILES string of the molecule is COC(=O)C1CCCCN1C(=O)NCCCCCC(=O)O. The van der Waals surface area contributed by atoms with Gasteiger partial charge in [-0.1, -0.05) is 6.42 Å². The van der Waals surface area contributed by atoms with E-state index in [4.69, 9.17) is 9.84 Å². The molecule has 1 rings (SSSR count). The second-order valence-corrected chi connectivity index (χ2v) is 5.16. The zero-order valence-electron chi connectivity index (χ0n) is 12.5. The van der Waals surface area contributed by atoms with Crippen molar-refractivity contribution in [2.45, 2.75) is 51.0 Å². The molecule has 21 heavy (non-hydrogen) atoms. The molecule has 0 saturated carbocycles. The first-order valence-corrected chi connectivity index (χ1v) is 7.40. The number of carbonyl (C=O) groups excluding carboxylic acids is 2. The number of amides is 2. The van der Waals surface area contributed by atoms with Crippen LogP contribution in [0.1, 0.15) is 44.9 Å². The number of nitrogens with one attached hydrogen (secondary N) is 1. The van der Waals surface area contributed by atoms with Crippen molar-refractivity contribution in [3.63, 3.8) is 0 Å². The lowest BCUT2D eigenvalue weighted by Crippen LogP contribution is -2.52. The minimum Gasteiger partial charge on any atom is -0.481 e.